The smallest absolute Gasteiger partial charge is 0.324 e. The standard InChI is InChI=1S/C15H12ClN3OS/c1-10-6-8-11(9-7-10)17-14-18-21-15(20)19(14)13-5-3-2-4-12(13)16/h2-9H,1H3,(H,17,18). The Bertz CT molecular complexity index is 823. The van der Waals surface area contributed by atoms with E-state index >= 15 is 0 Å². The Labute approximate surface area is 130 Å². The largest absolute Gasteiger partial charge is 0.332 e. The summed E-state index contributed by atoms with van der Waals surface area (Å²) in [6.45, 7) is 2.02. The summed E-state index contributed by atoms with van der Waals surface area (Å²) in [6, 6.07) is 15.1. The average molecular weight is 318 g/mol. The lowest BCUT2D eigenvalue weighted by Crippen LogP contribution is -2.13. The molecule has 0 bridgehead atoms. The van der Waals surface area contributed by atoms with Gasteiger partial charge in [-0.3, -0.25) is 4.79 Å². The molecule has 3 rings (SSSR count). The van der Waals surface area contributed by atoms with Crippen LogP contribution in [0.3, 0.4) is 0 Å². The summed E-state index contributed by atoms with van der Waals surface area (Å²) >= 11 is 7.07. The van der Waals surface area contributed by atoms with Gasteiger partial charge in [0.25, 0.3) is 0 Å². The minimum absolute atomic E-state index is 0.183. The van der Waals surface area contributed by atoms with Gasteiger partial charge in [0, 0.05) is 17.2 Å². The van der Waals surface area contributed by atoms with Gasteiger partial charge in [-0.2, -0.15) is 4.37 Å². The van der Waals surface area contributed by atoms with Crippen molar-refractivity contribution < 1.29 is 0 Å². The van der Waals surface area contributed by atoms with Gasteiger partial charge in [0.2, 0.25) is 5.95 Å². The number of aryl methyl sites for hydroxylation is 1. The van der Waals surface area contributed by atoms with Crippen molar-refractivity contribution in [3.05, 3.63) is 68.8 Å². The first-order valence-electron chi connectivity index (χ1n) is 6.32. The fourth-order valence-corrected chi connectivity index (χ4v) is 2.72. The van der Waals surface area contributed by atoms with E-state index in [0.29, 0.717) is 16.7 Å². The highest BCUT2D eigenvalue weighted by Gasteiger charge is 2.13. The Morgan fingerprint density at radius 3 is 2.57 bits per heavy atom. The molecule has 6 heteroatoms. The third kappa shape index (κ3) is 2.84. The number of para-hydroxylation sites is 1. The Balaban J connectivity index is 2.04. The summed E-state index contributed by atoms with van der Waals surface area (Å²) < 4.78 is 5.65. The number of benzene rings is 2. The molecular weight excluding hydrogens is 306 g/mol. The van der Waals surface area contributed by atoms with E-state index in [9.17, 15) is 4.79 Å². The molecule has 0 aliphatic carbocycles. The van der Waals surface area contributed by atoms with Gasteiger partial charge in [0.05, 0.1) is 10.7 Å². The minimum Gasteiger partial charge on any atom is -0.324 e. The molecule has 0 aliphatic rings. The van der Waals surface area contributed by atoms with Crippen molar-refractivity contribution in [1.82, 2.24) is 8.94 Å². The van der Waals surface area contributed by atoms with Gasteiger partial charge in [-0.1, -0.05) is 41.4 Å². The maximum Gasteiger partial charge on any atom is 0.332 e. The molecule has 0 amide bonds. The molecule has 0 saturated heterocycles. The number of rotatable bonds is 3. The lowest BCUT2D eigenvalue weighted by Gasteiger charge is -2.09. The minimum atomic E-state index is -0.183. The summed E-state index contributed by atoms with van der Waals surface area (Å²) in [6.07, 6.45) is 0. The third-order valence-corrected chi connectivity index (χ3v) is 3.93. The highest BCUT2D eigenvalue weighted by atomic mass is 35.5. The van der Waals surface area contributed by atoms with Gasteiger partial charge in [0.15, 0.2) is 0 Å². The highest BCUT2D eigenvalue weighted by molar-refractivity contribution is 7.03. The van der Waals surface area contributed by atoms with E-state index in [0.717, 1.165) is 17.2 Å². The number of hydrogen-bond acceptors (Lipinski definition) is 4. The molecule has 0 radical (unpaired) electrons. The molecule has 1 heterocycles. The lowest BCUT2D eigenvalue weighted by atomic mass is 10.2. The van der Waals surface area contributed by atoms with Crippen LogP contribution in [0.4, 0.5) is 11.6 Å². The van der Waals surface area contributed by atoms with Gasteiger partial charge in [0.1, 0.15) is 0 Å². The van der Waals surface area contributed by atoms with E-state index < -0.39 is 0 Å². The highest BCUT2D eigenvalue weighted by Crippen LogP contribution is 2.23. The summed E-state index contributed by atoms with van der Waals surface area (Å²) in [7, 11) is 0. The summed E-state index contributed by atoms with van der Waals surface area (Å²) in [4.78, 5) is 11.9. The molecule has 0 atom stereocenters. The van der Waals surface area contributed by atoms with Gasteiger partial charge in [-0.25, -0.2) is 4.57 Å². The van der Waals surface area contributed by atoms with Crippen molar-refractivity contribution in [2.75, 3.05) is 5.32 Å². The van der Waals surface area contributed by atoms with Crippen LogP contribution in [0.5, 0.6) is 0 Å². The second-order valence-corrected chi connectivity index (χ2v) is 5.67. The molecule has 0 saturated carbocycles. The van der Waals surface area contributed by atoms with Crippen LogP contribution in [0.15, 0.2) is 53.3 Å². The topological polar surface area (TPSA) is 46.9 Å². The first-order chi connectivity index (χ1) is 10.1. The third-order valence-electron chi connectivity index (χ3n) is 3.01. The Morgan fingerprint density at radius 1 is 1.14 bits per heavy atom. The maximum absolute atomic E-state index is 12.1. The zero-order valence-electron chi connectivity index (χ0n) is 11.2. The Kier molecular flexibility index (Phi) is 3.77. The molecule has 1 aromatic heterocycles. The zero-order chi connectivity index (χ0) is 14.8. The summed E-state index contributed by atoms with van der Waals surface area (Å²) in [5.41, 5.74) is 2.65. The molecule has 3 aromatic rings. The second kappa shape index (κ2) is 5.71. The van der Waals surface area contributed by atoms with Gasteiger partial charge in [-0.15, -0.1) is 0 Å². The molecule has 106 valence electrons. The van der Waals surface area contributed by atoms with Crippen LogP contribution < -0.4 is 10.2 Å². The van der Waals surface area contributed by atoms with Crippen LogP contribution >= 0.6 is 23.1 Å². The van der Waals surface area contributed by atoms with Crippen molar-refractivity contribution >= 4 is 34.8 Å². The lowest BCUT2D eigenvalue weighted by molar-refractivity contribution is 1.03. The van der Waals surface area contributed by atoms with E-state index in [1.54, 1.807) is 12.1 Å². The first kappa shape index (κ1) is 13.9. The SMILES string of the molecule is Cc1ccc(Nc2nsc(=O)n2-c2ccccc2Cl)cc1. The predicted octanol–water partition coefficient (Wildman–Crippen LogP) is 4.00. The van der Waals surface area contributed by atoms with E-state index in [-0.39, 0.29) is 4.87 Å². The van der Waals surface area contributed by atoms with Crippen molar-refractivity contribution in [2.45, 2.75) is 6.92 Å². The first-order valence-corrected chi connectivity index (χ1v) is 7.47. The number of nitrogens with one attached hydrogen (secondary N) is 1. The summed E-state index contributed by atoms with van der Waals surface area (Å²) in [5, 5.41) is 3.66. The van der Waals surface area contributed by atoms with E-state index in [1.807, 2.05) is 43.3 Å². The molecule has 21 heavy (non-hydrogen) atoms. The number of nitrogens with zero attached hydrogens (tertiary/aromatic N) is 2. The molecule has 0 unspecified atom stereocenters. The van der Waals surface area contributed by atoms with Crippen molar-refractivity contribution in [3.63, 3.8) is 0 Å². The van der Waals surface area contributed by atoms with Gasteiger partial charge < -0.3 is 5.32 Å². The van der Waals surface area contributed by atoms with E-state index in [2.05, 4.69) is 9.69 Å². The molecule has 4 nitrogen and oxygen atoms in total. The van der Waals surface area contributed by atoms with Crippen molar-refractivity contribution in [2.24, 2.45) is 0 Å². The van der Waals surface area contributed by atoms with Crippen LogP contribution in [0, 0.1) is 6.92 Å². The molecule has 0 aliphatic heterocycles. The van der Waals surface area contributed by atoms with Gasteiger partial charge in [-0.05, 0) is 31.2 Å². The quantitative estimate of drug-likeness (QED) is 0.794. The van der Waals surface area contributed by atoms with Crippen LogP contribution in [-0.2, 0) is 0 Å². The molecule has 0 fully saturated rings. The van der Waals surface area contributed by atoms with E-state index in [1.165, 1.54) is 10.1 Å². The summed E-state index contributed by atoms with van der Waals surface area (Å²) in [5.74, 6) is 0.460. The van der Waals surface area contributed by atoms with Crippen LogP contribution in [0.2, 0.25) is 5.02 Å². The Morgan fingerprint density at radius 2 is 1.86 bits per heavy atom. The number of halogens is 1. The fraction of sp³-hybridized carbons (Fsp3) is 0.0667. The van der Waals surface area contributed by atoms with Crippen LogP contribution in [0.1, 0.15) is 5.56 Å². The van der Waals surface area contributed by atoms with Crippen molar-refractivity contribution in [1.29, 1.82) is 0 Å². The zero-order valence-corrected chi connectivity index (χ0v) is 12.8. The number of aromatic nitrogens is 2. The second-order valence-electron chi connectivity index (χ2n) is 4.55. The predicted molar refractivity (Wildman–Crippen MR) is 87.2 cm³/mol. The fourth-order valence-electron chi connectivity index (χ4n) is 1.94. The number of anilines is 2. The molecule has 1 N–H and O–H groups in total. The van der Waals surface area contributed by atoms with Crippen LogP contribution in [-0.4, -0.2) is 8.94 Å². The average Bonchev–Trinajstić information content (AvgIpc) is 2.83. The molecule has 2 aromatic carbocycles. The molecule has 0 spiro atoms. The number of hydrogen-bond donors (Lipinski definition) is 1. The Hall–Kier alpha value is -2.11. The van der Waals surface area contributed by atoms with Crippen LogP contribution in [0.25, 0.3) is 5.69 Å². The molecular formula is C15H12ClN3OS. The normalized spacial score (nSPS) is 10.6. The van der Waals surface area contributed by atoms with Gasteiger partial charge >= 0.3 is 4.87 Å². The monoisotopic (exact) mass is 317 g/mol. The van der Waals surface area contributed by atoms with E-state index in [4.69, 9.17) is 11.6 Å². The van der Waals surface area contributed by atoms with Crippen molar-refractivity contribution in [3.8, 4) is 5.69 Å². The maximum atomic E-state index is 12.1.